The molecule has 0 fully saturated rings. The molecule has 4 heteroatoms. The lowest BCUT2D eigenvalue weighted by Gasteiger charge is -2.15. The molecule has 0 unspecified atom stereocenters. The summed E-state index contributed by atoms with van der Waals surface area (Å²) in [6.45, 7) is 0. The molecule has 2 aromatic heterocycles. The molecule has 0 radical (unpaired) electrons. The van der Waals surface area contributed by atoms with Crippen LogP contribution in [0.3, 0.4) is 0 Å². The highest BCUT2D eigenvalue weighted by Gasteiger charge is 2.24. The quantitative estimate of drug-likeness (QED) is 0.172. The predicted octanol–water partition coefficient (Wildman–Crippen LogP) is 13.2. The van der Waals surface area contributed by atoms with Crippen LogP contribution in [-0.2, 0) is 0 Å². The summed E-state index contributed by atoms with van der Waals surface area (Å²) >= 11 is 0. The van der Waals surface area contributed by atoms with Gasteiger partial charge in [-0.15, -0.1) is 0 Å². The van der Waals surface area contributed by atoms with Gasteiger partial charge in [-0.3, -0.25) is 0 Å². The average molecular weight is 699 g/mol. The Balaban J connectivity index is 1.15. The Morgan fingerprint density at radius 1 is 0.309 bits per heavy atom. The van der Waals surface area contributed by atoms with Gasteiger partial charge in [-0.1, -0.05) is 152 Å². The van der Waals surface area contributed by atoms with E-state index < -0.39 is 0 Å². The first-order valence-electron chi connectivity index (χ1n) is 18.7. The molecule has 0 saturated heterocycles. The molecule has 0 atom stereocenters. The van der Waals surface area contributed by atoms with Gasteiger partial charge < -0.3 is 4.57 Å². The SMILES string of the molecule is c1ccc(-c2nc(-c3ccc4c(ccc5ccccc54)c3)nc(-c3ccccc3-n3c4cccc5c6ccccc6c6c7ccccc7cc3c6c54)n2)cc1. The van der Waals surface area contributed by atoms with Gasteiger partial charge >= 0.3 is 0 Å². The summed E-state index contributed by atoms with van der Waals surface area (Å²) in [5.74, 6) is 1.91. The van der Waals surface area contributed by atoms with Crippen molar-refractivity contribution in [1.82, 2.24) is 19.5 Å². The third kappa shape index (κ3) is 4.43. The molecule has 0 N–H and O–H groups in total. The van der Waals surface area contributed by atoms with Crippen LogP contribution in [0.4, 0.5) is 0 Å². The number of hydrogen-bond donors (Lipinski definition) is 0. The summed E-state index contributed by atoms with van der Waals surface area (Å²) in [7, 11) is 0. The van der Waals surface area contributed by atoms with E-state index in [2.05, 4.69) is 168 Å². The van der Waals surface area contributed by atoms with E-state index in [-0.39, 0.29) is 0 Å². The lowest BCUT2D eigenvalue weighted by molar-refractivity contribution is 1.06. The first-order chi connectivity index (χ1) is 27.3. The van der Waals surface area contributed by atoms with Crippen LogP contribution in [-0.4, -0.2) is 19.5 Å². The molecule has 12 rings (SSSR count). The second kappa shape index (κ2) is 11.5. The molecule has 0 aliphatic rings. The Morgan fingerprint density at radius 2 is 0.909 bits per heavy atom. The maximum Gasteiger partial charge on any atom is 0.166 e. The van der Waals surface area contributed by atoms with E-state index in [9.17, 15) is 0 Å². The largest absolute Gasteiger partial charge is 0.308 e. The fourth-order valence-corrected chi connectivity index (χ4v) is 8.93. The van der Waals surface area contributed by atoms with Gasteiger partial charge in [-0.25, -0.2) is 15.0 Å². The zero-order chi connectivity index (χ0) is 36.0. The van der Waals surface area contributed by atoms with Gasteiger partial charge in [0.25, 0.3) is 0 Å². The van der Waals surface area contributed by atoms with Crippen LogP contribution in [0.25, 0.3) is 116 Å². The van der Waals surface area contributed by atoms with Crippen LogP contribution in [0.5, 0.6) is 0 Å². The fourth-order valence-electron chi connectivity index (χ4n) is 8.93. The van der Waals surface area contributed by atoms with Gasteiger partial charge in [0.05, 0.1) is 16.7 Å². The van der Waals surface area contributed by atoms with E-state index in [0.717, 1.165) is 38.8 Å². The number of fused-ring (bicyclic) bond motifs is 8. The number of para-hydroxylation sites is 1. The Kier molecular flexibility index (Phi) is 6.31. The summed E-state index contributed by atoms with van der Waals surface area (Å²) in [6.07, 6.45) is 0. The number of nitrogens with zero attached hydrogens (tertiary/aromatic N) is 4. The minimum Gasteiger partial charge on any atom is -0.308 e. The van der Waals surface area contributed by atoms with Crippen LogP contribution in [0.1, 0.15) is 0 Å². The van der Waals surface area contributed by atoms with Crippen molar-refractivity contribution in [3.63, 3.8) is 0 Å². The molecule has 0 amide bonds. The second-order valence-corrected chi connectivity index (χ2v) is 14.4. The number of hydrogen-bond acceptors (Lipinski definition) is 3. The summed E-state index contributed by atoms with van der Waals surface area (Å²) < 4.78 is 2.43. The molecule has 0 saturated carbocycles. The van der Waals surface area contributed by atoms with E-state index in [1.807, 2.05) is 18.2 Å². The molecule has 10 aromatic carbocycles. The number of rotatable bonds is 4. The minimum absolute atomic E-state index is 0.628. The van der Waals surface area contributed by atoms with Crippen molar-refractivity contribution in [2.75, 3.05) is 0 Å². The summed E-state index contributed by atoms with van der Waals surface area (Å²) in [6, 6.07) is 64.9. The smallest absolute Gasteiger partial charge is 0.166 e. The van der Waals surface area contributed by atoms with Crippen LogP contribution in [0.15, 0.2) is 182 Å². The van der Waals surface area contributed by atoms with Crippen molar-refractivity contribution < 1.29 is 0 Å². The van der Waals surface area contributed by atoms with Crippen molar-refractivity contribution in [3.8, 4) is 39.9 Å². The molecule has 254 valence electrons. The molecule has 55 heavy (non-hydrogen) atoms. The van der Waals surface area contributed by atoms with Gasteiger partial charge in [0.15, 0.2) is 17.5 Å². The topological polar surface area (TPSA) is 43.6 Å². The molecule has 0 aliphatic heterocycles. The monoisotopic (exact) mass is 698 g/mol. The van der Waals surface area contributed by atoms with Gasteiger partial charge in [0.1, 0.15) is 0 Å². The zero-order valence-corrected chi connectivity index (χ0v) is 29.6. The molecule has 4 nitrogen and oxygen atoms in total. The van der Waals surface area contributed by atoms with E-state index in [1.54, 1.807) is 0 Å². The van der Waals surface area contributed by atoms with E-state index in [1.165, 1.54) is 59.2 Å². The van der Waals surface area contributed by atoms with Crippen molar-refractivity contribution >= 4 is 75.7 Å². The second-order valence-electron chi connectivity index (χ2n) is 14.4. The molecule has 0 spiro atoms. The van der Waals surface area contributed by atoms with Crippen LogP contribution < -0.4 is 0 Å². The lowest BCUT2D eigenvalue weighted by Crippen LogP contribution is -2.03. The minimum atomic E-state index is 0.628. The van der Waals surface area contributed by atoms with Gasteiger partial charge in [0, 0.05) is 32.8 Å². The number of aromatic nitrogens is 4. The molecular formula is C51H30N4. The first kappa shape index (κ1) is 30.1. The fraction of sp³-hybridized carbons (Fsp3) is 0. The maximum atomic E-state index is 5.29. The zero-order valence-electron chi connectivity index (χ0n) is 29.6. The van der Waals surface area contributed by atoms with Crippen molar-refractivity contribution in [1.29, 1.82) is 0 Å². The van der Waals surface area contributed by atoms with Crippen molar-refractivity contribution in [3.05, 3.63) is 182 Å². The number of benzene rings is 10. The summed E-state index contributed by atoms with van der Waals surface area (Å²) in [5.41, 5.74) is 6.17. The van der Waals surface area contributed by atoms with Crippen LogP contribution in [0, 0.1) is 0 Å². The maximum absolute atomic E-state index is 5.29. The molecular weight excluding hydrogens is 669 g/mol. The highest BCUT2D eigenvalue weighted by molar-refractivity contribution is 6.39. The van der Waals surface area contributed by atoms with Crippen LogP contribution >= 0.6 is 0 Å². The van der Waals surface area contributed by atoms with Gasteiger partial charge in [-0.05, 0) is 78.8 Å². The van der Waals surface area contributed by atoms with Crippen LogP contribution in [0.2, 0.25) is 0 Å². The third-order valence-corrected chi connectivity index (χ3v) is 11.3. The highest BCUT2D eigenvalue weighted by atomic mass is 15.1. The molecule has 0 aliphatic carbocycles. The molecule has 0 bridgehead atoms. The Morgan fingerprint density at radius 3 is 1.78 bits per heavy atom. The Bertz CT molecular complexity index is 3480. The third-order valence-electron chi connectivity index (χ3n) is 11.3. The Labute approximate surface area is 315 Å². The van der Waals surface area contributed by atoms with E-state index in [4.69, 9.17) is 15.0 Å². The molecule has 12 aromatic rings. The normalized spacial score (nSPS) is 12.0. The summed E-state index contributed by atoms with van der Waals surface area (Å²) in [4.78, 5) is 15.6. The first-order valence-corrected chi connectivity index (χ1v) is 18.7. The molecule has 2 heterocycles. The van der Waals surface area contributed by atoms with E-state index in [0.29, 0.717) is 17.5 Å². The lowest BCUT2D eigenvalue weighted by atomic mass is 9.91. The van der Waals surface area contributed by atoms with Gasteiger partial charge in [0.2, 0.25) is 0 Å². The average Bonchev–Trinajstić information content (AvgIpc) is 3.59. The standard InChI is InChI=1S/C51H30N4/c1-2-14-32(15-3-1)49-52-50(35-27-28-37-34(29-35)26-25-31-13-4-6-17-36(31)37)54-51(53-49)42-21-10-11-23-43(42)55-44-24-12-22-41-39-19-8-9-20-40(39)46-38-18-7-5-16-33(38)30-45(55)48(46)47(41)44/h1-30H. The predicted molar refractivity (Wildman–Crippen MR) is 229 cm³/mol. The highest BCUT2D eigenvalue weighted by Crippen LogP contribution is 2.47. The van der Waals surface area contributed by atoms with Crippen molar-refractivity contribution in [2.24, 2.45) is 0 Å². The Hall–Kier alpha value is -7.43. The van der Waals surface area contributed by atoms with Gasteiger partial charge in [-0.2, -0.15) is 0 Å². The van der Waals surface area contributed by atoms with Crippen molar-refractivity contribution in [2.45, 2.75) is 0 Å². The summed E-state index contributed by atoms with van der Waals surface area (Å²) in [5, 5.41) is 14.9. The van der Waals surface area contributed by atoms with E-state index >= 15 is 0 Å².